The first-order valence-electron chi connectivity index (χ1n) is 4.02. The number of benzene rings is 1. The average Bonchev–Trinajstić information content (AvgIpc) is 2.19. The highest BCUT2D eigenvalue weighted by molar-refractivity contribution is 7.80. The van der Waals surface area contributed by atoms with Gasteiger partial charge in [-0.2, -0.15) is 17.9 Å². The van der Waals surface area contributed by atoms with E-state index in [1.54, 1.807) is 0 Å². The lowest BCUT2D eigenvalue weighted by Crippen LogP contribution is -2.03. The van der Waals surface area contributed by atoms with Gasteiger partial charge in [0.1, 0.15) is 5.82 Å². The Bertz CT molecular complexity index is 398. The molecule has 1 aromatic carbocycles. The molecule has 0 aromatic heterocycles. The average molecular weight is 209 g/mol. The second kappa shape index (κ2) is 4.77. The summed E-state index contributed by atoms with van der Waals surface area (Å²) in [6.45, 7) is 0. The van der Waals surface area contributed by atoms with E-state index in [-0.39, 0.29) is 23.3 Å². The zero-order valence-corrected chi connectivity index (χ0v) is 8.22. The Kier molecular flexibility index (Phi) is 3.66. The lowest BCUT2D eigenvalue weighted by Gasteiger charge is -2.00. The predicted octanol–water partition coefficient (Wildman–Crippen LogP) is 2.20. The molecular weight excluding hydrogens is 201 g/mol. The summed E-state index contributed by atoms with van der Waals surface area (Å²) in [5, 5.41) is 8.57. The van der Waals surface area contributed by atoms with Gasteiger partial charge in [0, 0.05) is 6.42 Å². The number of ketones is 1. The number of rotatable bonds is 3. The summed E-state index contributed by atoms with van der Waals surface area (Å²) in [6.07, 6.45) is 0.176. The van der Waals surface area contributed by atoms with Crippen LogP contribution in [-0.2, 0) is 0 Å². The normalized spacial score (nSPS) is 9.50. The third-order valence-corrected chi connectivity index (χ3v) is 1.96. The molecule has 0 aliphatic heterocycles. The molecule has 0 saturated heterocycles. The van der Waals surface area contributed by atoms with Crippen molar-refractivity contribution in [1.29, 1.82) is 5.26 Å². The van der Waals surface area contributed by atoms with Crippen molar-refractivity contribution in [2.24, 2.45) is 0 Å². The zero-order chi connectivity index (χ0) is 10.6. The van der Waals surface area contributed by atoms with Crippen molar-refractivity contribution in [3.05, 3.63) is 35.1 Å². The van der Waals surface area contributed by atoms with Crippen molar-refractivity contribution >= 4 is 18.4 Å². The molecule has 0 unspecified atom stereocenters. The predicted molar refractivity (Wildman–Crippen MR) is 53.9 cm³/mol. The number of thiol groups is 1. The topological polar surface area (TPSA) is 40.9 Å². The van der Waals surface area contributed by atoms with Crippen molar-refractivity contribution in [3.8, 4) is 6.07 Å². The largest absolute Gasteiger partial charge is 0.294 e. The second-order valence-electron chi connectivity index (χ2n) is 2.70. The summed E-state index contributed by atoms with van der Waals surface area (Å²) >= 11 is 3.88. The van der Waals surface area contributed by atoms with E-state index in [4.69, 9.17) is 5.26 Å². The van der Waals surface area contributed by atoms with Gasteiger partial charge in [0.25, 0.3) is 0 Å². The molecule has 0 aliphatic carbocycles. The summed E-state index contributed by atoms with van der Waals surface area (Å²) in [5.74, 6) is -0.542. The number of hydrogen-bond donors (Lipinski definition) is 1. The van der Waals surface area contributed by atoms with E-state index < -0.39 is 5.82 Å². The molecule has 2 nitrogen and oxygen atoms in total. The minimum absolute atomic E-state index is 0.0295. The fraction of sp³-hybridized carbons (Fsp3) is 0.200. The molecule has 0 N–H and O–H groups in total. The van der Waals surface area contributed by atoms with Crippen LogP contribution in [0.2, 0.25) is 0 Å². The van der Waals surface area contributed by atoms with Gasteiger partial charge >= 0.3 is 0 Å². The Morgan fingerprint density at radius 3 is 2.86 bits per heavy atom. The van der Waals surface area contributed by atoms with Crippen LogP contribution in [-0.4, -0.2) is 11.5 Å². The summed E-state index contributed by atoms with van der Waals surface area (Å²) in [4.78, 5) is 11.3. The standard InChI is InChI=1S/C10H8FNOS/c11-9-2-1-7(6-12)5-8(9)10(13)3-4-14/h1-2,5,14H,3-4H2. The van der Waals surface area contributed by atoms with Crippen LogP contribution in [0.1, 0.15) is 22.3 Å². The van der Waals surface area contributed by atoms with Gasteiger partial charge in [-0.1, -0.05) is 0 Å². The number of Topliss-reactive ketones (excluding diaryl/α,β-unsaturated/α-hetero) is 1. The van der Waals surface area contributed by atoms with Gasteiger partial charge in [-0.05, 0) is 24.0 Å². The molecule has 72 valence electrons. The molecular formula is C10H8FNOS. The molecule has 0 atom stereocenters. The maximum Gasteiger partial charge on any atom is 0.166 e. The third-order valence-electron chi connectivity index (χ3n) is 1.73. The maximum absolute atomic E-state index is 13.1. The van der Waals surface area contributed by atoms with E-state index in [0.29, 0.717) is 5.75 Å². The van der Waals surface area contributed by atoms with Gasteiger partial charge in [-0.25, -0.2) is 4.39 Å². The highest BCUT2D eigenvalue weighted by atomic mass is 32.1. The van der Waals surface area contributed by atoms with Crippen LogP contribution >= 0.6 is 12.6 Å². The summed E-state index contributed by atoms with van der Waals surface area (Å²) in [7, 11) is 0. The molecule has 0 bridgehead atoms. The fourth-order valence-corrected chi connectivity index (χ4v) is 1.25. The van der Waals surface area contributed by atoms with Crippen LogP contribution < -0.4 is 0 Å². The minimum Gasteiger partial charge on any atom is -0.294 e. The van der Waals surface area contributed by atoms with Gasteiger partial charge < -0.3 is 0 Å². The summed E-state index contributed by atoms with van der Waals surface area (Å²) < 4.78 is 13.1. The van der Waals surface area contributed by atoms with Crippen LogP contribution in [0.4, 0.5) is 4.39 Å². The van der Waals surface area contributed by atoms with Crippen molar-refractivity contribution in [2.45, 2.75) is 6.42 Å². The molecule has 0 aliphatic rings. The van der Waals surface area contributed by atoms with Gasteiger partial charge in [0.15, 0.2) is 5.78 Å². The highest BCUT2D eigenvalue weighted by Gasteiger charge is 2.11. The molecule has 0 spiro atoms. The second-order valence-corrected chi connectivity index (χ2v) is 3.15. The molecule has 4 heteroatoms. The van der Waals surface area contributed by atoms with Crippen molar-refractivity contribution in [2.75, 3.05) is 5.75 Å². The number of carbonyl (C=O) groups is 1. The maximum atomic E-state index is 13.1. The molecule has 0 fully saturated rings. The van der Waals surface area contributed by atoms with Gasteiger partial charge in [-0.3, -0.25) is 4.79 Å². The Morgan fingerprint density at radius 2 is 2.29 bits per heavy atom. The fourth-order valence-electron chi connectivity index (χ4n) is 1.04. The van der Waals surface area contributed by atoms with E-state index >= 15 is 0 Å². The van der Waals surface area contributed by atoms with Gasteiger partial charge in [0.05, 0.1) is 17.2 Å². The highest BCUT2D eigenvalue weighted by Crippen LogP contribution is 2.12. The Labute approximate surface area is 86.8 Å². The SMILES string of the molecule is N#Cc1ccc(F)c(C(=O)CCS)c1. The molecule has 1 rings (SSSR count). The summed E-state index contributed by atoms with van der Waals surface area (Å²) in [6, 6.07) is 5.59. The van der Waals surface area contributed by atoms with E-state index in [0.717, 1.165) is 6.07 Å². The van der Waals surface area contributed by atoms with Crippen LogP contribution in [0.25, 0.3) is 0 Å². The van der Waals surface area contributed by atoms with Crippen LogP contribution in [0.3, 0.4) is 0 Å². The Morgan fingerprint density at radius 1 is 1.57 bits per heavy atom. The van der Waals surface area contributed by atoms with Crippen molar-refractivity contribution < 1.29 is 9.18 Å². The first-order chi connectivity index (χ1) is 6.69. The van der Waals surface area contributed by atoms with Gasteiger partial charge in [-0.15, -0.1) is 0 Å². The number of hydrogen-bond acceptors (Lipinski definition) is 3. The quantitative estimate of drug-likeness (QED) is 0.612. The first kappa shape index (κ1) is 10.7. The minimum atomic E-state index is -0.587. The van der Waals surface area contributed by atoms with Crippen LogP contribution in [0.15, 0.2) is 18.2 Å². The van der Waals surface area contributed by atoms with Crippen LogP contribution in [0, 0.1) is 17.1 Å². The molecule has 1 aromatic rings. The smallest absolute Gasteiger partial charge is 0.166 e. The lowest BCUT2D eigenvalue weighted by atomic mass is 10.1. The van der Waals surface area contributed by atoms with Gasteiger partial charge in [0.2, 0.25) is 0 Å². The number of nitriles is 1. The number of carbonyl (C=O) groups excluding carboxylic acids is 1. The summed E-state index contributed by atoms with van der Waals surface area (Å²) in [5.41, 5.74) is 0.256. The van der Waals surface area contributed by atoms with Crippen molar-refractivity contribution in [1.82, 2.24) is 0 Å². The first-order valence-corrected chi connectivity index (χ1v) is 4.66. The van der Waals surface area contributed by atoms with Crippen molar-refractivity contribution in [3.63, 3.8) is 0 Å². The zero-order valence-electron chi connectivity index (χ0n) is 7.33. The van der Waals surface area contributed by atoms with Crippen LogP contribution in [0.5, 0.6) is 0 Å². The number of nitrogens with zero attached hydrogens (tertiary/aromatic N) is 1. The molecule has 14 heavy (non-hydrogen) atoms. The van der Waals surface area contributed by atoms with E-state index in [1.807, 2.05) is 6.07 Å². The molecule has 0 amide bonds. The molecule has 0 heterocycles. The monoisotopic (exact) mass is 209 g/mol. The Balaban J connectivity index is 3.07. The van der Waals surface area contributed by atoms with E-state index in [2.05, 4.69) is 12.6 Å². The third kappa shape index (κ3) is 2.33. The number of halogens is 1. The Hall–Kier alpha value is -1.34. The molecule has 0 radical (unpaired) electrons. The molecule has 0 saturated carbocycles. The van der Waals surface area contributed by atoms with E-state index in [9.17, 15) is 9.18 Å². The van der Waals surface area contributed by atoms with E-state index in [1.165, 1.54) is 12.1 Å². The lowest BCUT2D eigenvalue weighted by molar-refractivity contribution is 0.0986.